The van der Waals surface area contributed by atoms with Gasteiger partial charge in [-0.25, -0.2) is 13.4 Å². The smallest absolute Gasteiger partial charge is 0.241 e. The van der Waals surface area contributed by atoms with Gasteiger partial charge >= 0.3 is 0 Å². The predicted molar refractivity (Wildman–Crippen MR) is 84.2 cm³/mol. The number of sulfone groups is 1. The van der Waals surface area contributed by atoms with Crippen molar-refractivity contribution in [1.29, 1.82) is 0 Å². The van der Waals surface area contributed by atoms with Crippen molar-refractivity contribution in [3.05, 3.63) is 36.4 Å². The van der Waals surface area contributed by atoms with Crippen molar-refractivity contribution >= 4 is 26.6 Å². The van der Waals surface area contributed by atoms with Crippen molar-refractivity contribution in [3.63, 3.8) is 0 Å². The summed E-state index contributed by atoms with van der Waals surface area (Å²) in [6.07, 6.45) is 1.87. The van der Waals surface area contributed by atoms with Crippen LogP contribution >= 0.6 is 0 Å². The van der Waals surface area contributed by atoms with E-state index >= 15 is 0 Å². The van der Waals surface area contributed by atoms with Crippen molar-refractivity contribution in [2.75, 3.05) is 13.1 Å². The van der Waals surface area contributed by atoms with Gasteiger partial charge in [-0.15, -0.1) is 0 Å². The zero-order valence-corrected chi connectivity index (χ0v) is 13.2. The second-order valence-electron chi connectivity index (χ2n) is 5.56. The van der Waals surface area contributed by atoms with Crippen LogP contribution in [0.1, 0.15) is 19.8 Å². The summed E-state index contributed by atoms with van der Waals surface area (Å²) in [5.41, 5.74) is 0.615. The minimum atomic E-state index is -3.77. The highest BCUT2D eigenvalue weighted by Crippen LogP contribution is 2.21. The van der Waals surface area contributed by atoms with E-state index in [0.717, 1.165) is 18.2 Å². The van der Waals surface area contributed by atoms with Gasteiger partial charge in [-0.05, 0) is 38.0 Å². The summed E-state index contributed by atoms with van der Waals surface area (Å²) < 4.78 is 25.3. The summed E-state index contributed by atoms with van der Waals surface area (Å²) in [6, 6.07) is 10.5. The second-order valence-corrected chi connectivity index (χ2v) is 7.78. The number of hydrogen-bond donors (Lipinski definition) is 0. The highest BCUT2D eigenvalue weighted by Gasteiger charge is 2.34. The largest absolute Gasteiger partial charge is 0.342 e. The van der Waals surface area contributed by atoms with Crippen molar-refractivity contribution in [2.45, 2.75) is 30.0 Å². The number of hydrogen-bond acceptors (Lipinski definition) is 4. The Labute approximate surface area is 129 Å². The first-order valence-electron chi connectivity index (χ1n) is 7.38. The van der Waals surface area contributed by atoms with Crippen LogP contribution in [0.5, 0.6) is 0 Å². The molecule has 1 fully saturated rings. The normalized spacial score (nSPS) is 16.9. The molecule has 0 N–H and O–H groups in total. The molecule has 1 atom stereocenters. The monoisotopic (exact) mass is 318 g/mol. The quantitative estimate of drug-likeness (QED) is 0.868. The maximum absolute atomic E-state index is 12.7. The Balaban J connectivity index is 1.94. The number of amides is 1. The summed E-state index contributed by atoms with van der Waals surface area (Å²) in [5, 5.41) is -0.259. The lowest BCUT2D eigenvalue weighted by Gasteiger charge is -2.20. The van der Waals surface area contributed by atoms with Gasteiger partial charge in [0.05, 0.1) is 5.52 Å². The van der Waals surface area contributed by atoms with E-state index in [4.69, 9.17) is 0 Å². The topological polar surface area (TPSA) is 67.3 Å². The molecular weight excluding hydrogens is 300 g/mol. The molecule has 1 amide bonds. The van der Waals surface area contributed by atoms with E-state index < -0.39 is 15.1 Å². The first-order chi connectivity index (χ1) is 10.5. The molecule has 1 aliphatic heterocycles. The molecule has 1 aromatic carbocycles. The number of pyridine rings is 1. The number of rotatable bonds is 3. The molecular formula is C16H18N2O3S. The molecule has 116 valence electrons. The summed E-state index contributed by atoms with van der Waals surface area (Å²) >= 11 is 0. The van der Waals surface area contributed by atoms with Crippen LogP contribution in [-0.2, 0) is 14.6 Å². The molecule has 2 aromatic rings. The molecule has 0 aliphatic carbocycles. The van der Waals surface area contributed by atoms with Crippen LogP contribution in [0.3, 0.4) is 0 Å². The van der Waals surface area contributed by atoms with E-state index in [2.05, 4.69) is 4.98 Å². The van der Waals surface area contributed by atoms with Crippen LogP contribution in [0.2, 0.25) is 0 Å². The number of carbonyl (C=O) groups excluding carboxylic acids is 1. The van der Waals surface area contributed by atoms with Crippen molar-refractivity contribution in [3.8, 4) is 0 Å². The lowest BCUT2D eigenvalue weighted by molar-refractivity contribution is -0.129. The molecule has 0 radical (unpaired) electrons. The molecule has 1 aromatic heterocycles. The van der Waals surface area contributed by atoms with Gasteiger partial charge in [0.1, 0.15) is 5.25 Å². The molecule has 2 heterocycles. The van der Waals surface area contributed by atoms with Crippen LogP contribution in [0.25, 0.3) is 10.9 Å². The van der Waals surface area contributed by atoms with E-state index in [0.29, 0.717) is 18.6 Å². The Morgan fingerprint density at radius 2 is 1.82 bits per heavy atom. The van der Waals surface area contributed by atoms with Crippen LogP contribution in [-0.4, -0.2) is 42.5 Å². The van der Waals surface area contributed by atoms with Crippen LogP contribution < -0.4 is 0 Å². The van der Waals surface area contributed by atoms with Crippen LogP contribution in [0, 0.1) is 0 Å². The van der Waals surface area contributed by atoms with E-state index in [-0.39, 0.29) is 10.9 Å². The van der Waals surface area contributed by atoms with Gasteiger partial charge in [-0.3, -0.25) is 4.79 Å². The van der Waals surface area contributed by atoms with Gasteiger partial charge < -0.3 is 4.90 Å². The van der Waals surface area contributed by atoms with Gasteiger partial charge in [0.15, 0.2) is 5.03 Å². The number of benzene rings is 1. The Bertz CT molecular complexity index is 811. The number of nitrogens with zero attached hydrogens (tertiary/aromatic N) is 2. The van der Waals surface area contributed by atoms with Crippen LogP contribution in [0.4, 0.5) is 0 Å². The fourth-order valence-electron chi connectivity index (χ4n) is 2.71. The fraction of sp³-hybridized carbons (Fsp3) is 0.375. The van der Waals surface area contributed by atoms with Gasteiger partial charge in [0, 0.05) is 18.5 Å². The minimum absolute atomic E-state index is 0.0359. The average molecular weight is 318 g/mol. The number of carbonyl (C=O) groups is 1. The predicted octanol–water partition coefficient (Wildman–Crippen LogP) is 2.02. The van der Waals surface area contributed by atoms with Crippen LogP contribution in [0.15, 0.2) is 41.4 Å². The molecule has 1 saturated heterocycles. The third-order valence-electron chi connectivity index (χ3n) is 4.10. The van der Waals surface area contributed by atoms with Crippen molar-refractivity contribution in [1.82, 2.24) is 9.88 Å². The van der Waals surface area contributed by atoms with Crippen molar-refractivity contribution < 1.29 is 13.2 Å². The second kappa shape index (κ2) is 5.68. The highest BCUT2D eigenvalue weighted by atomic mass is 32.2. The molecule has 0 saturated carbocycles. The molecule has 22 heavy (non-hydrogen) atoms. The Hall–Kier alpha value is -1.95. The van der Waals surface area contributed by atoms with Gasteiger partial charge in [-0.2, -0.15) is 0 Å². The summed E-state index contributed by atoms with van der Waals surface area (Å²) in [5.74, 6) is -0.326. The maximum Gasteiger partial charge on any atom is 0.241 e. The molecule has 0 bridgehead atoms. The number of aromatic nitrogens is 1. The van der Waals surface area contributed by atoms with E-state index in [1.54, 1.807) is 17.0 Å². The molecule has 0 unspecified atom stereocenters. The zero-order chi connectivity index (χ0) is 15.7. The number of para-hydroxylation sites is 1. The van der Waals surface area contributed by atoms with Gasteiger partial charge in [0.2, 0.25) is 15.7 Å². The Morgan fingerprint density at radius 3 is 2.55 bits per heavy atom. The summed E-state index contributed by atoms with van der Waals surface area (Å²) in [6.45, 7) is 2.74. The average Bonchev–Trinajstić information content (AvgIpc) is 3.07. The Morgan fingerprint density at radius 1 is 1.14 bits per heavy atom. The SMILES string of the molecule is C[C@@H](C(=O)N1CCCC1)S(=O)(=O)c1ccc2ccccc2n1. The first kappa shape index (κ1) is 15.0. The molecule has 5 nitrogen and oxygen atoms in total. The van der Waals surface area contributed by atoms with E-state index in [1.807, 2.05) is 18.2 Å². The Kier molecular flexibility index (Phi) is 3.87. The third kappa shape index (κ3) is 2.59. The number of fused-ring (bicyclic) bond motifs is 1. The summed E-state index contributed by atoms with van der Waals surface area (Å²) in [7, 11) is -3.77. The zero-order valence-electron chi connectivity index (χ0n) is 12.4. The lowest BCUT2D eigenvalue weighted by atomic mass is 10.2. The van der Waals surface area contributed by atoms with Gasteiger partial charge in [-0.1, -0.05) is 18.2 Å². The molecule has 6 heteroatoms. The maximum atomic E-state index is 12.7. The molecule has 1 aliphatic rings. The fourth-order valence-corrected chi connectivity index (χ4v) is 3.97. The van der Waals surface area contributed by atoms with Gasteiger partial charge in [0.25, 0.3) is 0 Å². The standard InChI is InChI=1S/C16H18N2O3S/c1-12(16(19)18-10-4-5-11-18)22(20,21)15-9-8-13-6-2-3-7-14(13)17-15/h2-3,6-9,12H,4-5,10-11H2,1H3/t12-/m0/s1. The highest BCUT2D eigenvalue weighted by molar-refractivity contribution is 7.92. The third-order valence-corrected chi connectivity index (χ3v) is 6.04. The first-order valence-corrected chi connectivity index (χ1v) is 8.93. The van der Waals surface area contributed by atoms with Crippen molar-refractivity contribution in [2.24, 2.45) is 0 Å². The van der Waals surface area contributed by atoms with E-state index in [9.17, 15) is 13.2 Å². The summed E-state index contributed by atoms with van der Waals surface area (Å²) in [4.78, 5) is 18.2. The lowest BCUT2D eigenvalue weighted by Crippen LogP contribution is -2.40. The van der Waals surface area contributed by atoms with E-state index in [1.165, 1.54) is 13.0 Å². The molecule has 0 spiro atoms. The molecule has 3 rings (SSSR count). The minimum Gasteiger partial charge on any atom is -0.342 e. The number of likely N-dealkylation sites (tertiary alicyclic amines) is 1.